The minimum absolute atomic E-state index is 0.0826. The molecule has 0 aliphatic rings. The van der Waals surface area contributed by atoms with Crippen LogP contribution in [0.15, 0.2) is 12.1 Å². The van der Waals surface area contributed by atoms with Gasteiger partial charge in [-0.2, -0.15) is 0 Å². The van der Waals surface area contributed by atoms with Gasteiger partial charge in [-0.3, -0.25) is 0 Å². The summed E-state index contributed by atoms with van der Waals surface area (Å²) < 4.78 is 5.08. The van der Waals surface area contributed by atoms with Crippen LogP contribution in [0.5, 0.6) is 5.88 Å². The van der Waals surface area contributed by atoms with Gasteiger partial charge in [-0.1, -0.05) is 12.8 Å². The molecule has 0 aromatic carbocycles. The van der Waals surface area contributed by atoms with Gasteiger partial charge in [-0.25, -0.2) is 9.78 Å². The molecule has 1 rings (SSSR count). The molecule has 1 heterocycles. The lowest BCUT2D eigenvalue weighted by atomic mass is 10.2. The van der Waals surface area contributed by atoms with Crippen molar-refractivity contribution in [3.63, 3.8) is 0 Å². The Balaban J connectivity index is 3.01. The number of nitrogens with zero attached hydrogens (tertiary/aromatic N) is 1. The summed E-state index contributed by atoms with van der Waals surface area (Å²) in [4.78, 5) is 14.9. The average Bonchev–Trinajstić information content (AvgIpc) is 2.25. The van der Waals surface area contributed by atoms with Gasteiger partial charge in [-0.05, 0) is 12.5 Å². The van der Waals surface area contributed by atoms with Crippen LogP contribution in [-0.4, -0.2) is 22.7 Å². The summed E-state index contributed by atoms with van der Waals surface area (Å²) in [6.45, 7) is 1.97. The number of aromatic carboxylic acids is 1. The highest BCUT2D eigenvalue weighted by Crippen LogP contribution is 2.13. The van der Waals surface area contributed by atoms with Crippen LogP contribution in [0, 0.1) is 12.3 Å². The predicted molar refractivity (Wildman–Crippen MR) is 54.9 cm³/mol. The van der Waals surface area contributed by atoms with Crippen molar-refractivity contribution in [3.8, 4) is 18.2 Å². The highest BCUT2D eigenvalue weighted by atomic mass is 16.5. The second-order valence-corrected chi connectivity index (χ2v) is 2.84. The Morgan fingerprint density at radius 3 is 2.93 bits per heavy atom. The molecule has 15 heavy (non-hydrogen) atoms. The first-order valence-corrected chi connectivity index (χ1v) is 4.48. The van der Waals surface area contributed by atoms with Crippen LogP contribution in [0.1, 0.15) is 23.0 Å². The molecule has 0 fully saturated rings. The molecular weight excluding hydrogens is 194 g/mol. The van der Waals surface area contributed by atoms with Gasteiger partial charge in [0.1, 0.15) is 0 Å². The Morgan fingerprint density at radius 1 is 1.67 bits per heavy atom. The maximum Gasteiger partial charge on any atom is 0.335 e. The topological polar surface area (TPSA) is 59.4 Å². The molecule has 4 heteroatoms. The molecule has 0 spiro atoms. The zero-order valence-electron chi connectivity index (χ0n) is 8.36. The first kappa shape index (κ1) is 11.1. The fourth-order valence-corrected chi connectivity index (χ4v) is 1.05. The Kier molecular flexibility index (Phi) is 3.69. The third kappa shape index (κ3) is 2.99. The summed E-state index contributed by atoms with van der Waals surface area (Å²) in [5.74, 6) is 1.54. The molecular formula is C11H11NO3. The van der Waals surface area contributed by atoms with Crippen molar-refractivity contribution in [2.75, 3.05) is 6.61 Å². The van der Waals surface area contributed by atoms with Crippen LogP contribution in [0.25, 0.3) is 0 Å². The SMILES string of the molecule is C#CCOc1cc(C(=O)O)cc(CC)n1. The number of rotatable bonds is 4. The highest BCUT2D eigenvalue weighted by Gasteiger charge is 2.08. The zero-order chi connectivity index (χ0) is 11.3. The van der Waals surface area contributed by atoms with E-state index in [2.05, 4.69) is 10.9 Å². The van der Waals surface area contributed by atoms with Gasteiger partial charge >= 0.3 is 5.97 Å². The van der Waals surface area contributed by atoms with Crippen LogP contribution in [0.2, 0.25) is 0 Å². The fourth-order valence-electron chi connectivity index (χ4n) is 1.05. The quantitative estimate of drug-likeness (QED) is 0.754. The zero-order valence-corrected chi connectivity index (χ0v) is 8.36. The Hall–Kier alpha value is -2.02. The van der Waals surface area contributed by atoms with Crippen molar-refractivity contribution in [2.24, 2.45) is 0 Å². The van der Waals surface area contributed by atoms with Gasteiger partial charge in [0.2, 0.25) is 5.88 Å². The summed E-state index contributed by atoms with van der Waals surface area (Å²) >= 11 is 0. The Morgan fingerprint density at radius 2 is 2.40 bits per heavy atom. The van der Waals surface area contributed by atoms with E-state index in [4.69, 9.17) is 16.3 Å². The molecule has 0 aliphatic heterocycles. The van der Waals surface area contributed by atoms with E-state index < -0.39 is 5.97 Å². The lowest BCUT2D eigenvalue weighted by molar-refractivity contribution is 0.0696. The number of carboxylic acids is 1. The molecule has 0 aliphatic carbocycles. The van der Waals surface area contributed by atoms with Crippen LogP contribution in [0.4, 0.5) is 0 Å². The van der Waals surface area contributed by atoms with E-state index in [-0.39, 0.29) is 18.1 Å². The summed E-state index contributed by atoms with van der Waals surface area (Å²) in [6.07, 6.45) is 5.67. The minimum atomic E-state index is -1.00. The van der Waals surface area contributed by atoms with Gasteiger partial charge in [0.25, 0.3) is 0 Å². The maximum atomic E-state index is 10.8. The first-order valence-electron chi connectivity index (χ1n) is 4.48. The molecule has 1 aromatic heterocycles. The van der Waals surface area contributed by atoms with Gasteiger partial charge in [0.05, 0.1) is 5.56 Å². The van der Waals surface area contributed by atoms with E-state index in [1.165, 1.54) is 12.1 Å². The fraction of sp³-hybridized carbons (Fsp3) is 0.273. The Bertz CT molecular complexity index is 407. The number of terminal acetylenes is 1. The smallest absolute Gasteiger partial charge is 0.335 e. The summed E-state index contributed by atoms with van der Waals surface area (Å²) in [5.41, 5.74) is 0.829. The van der Waals surface area contributed by atoms with E-state index in [1.54, 1.807) is 0 Å². The number of aromatic nitrogens is 1. The number of carbonyl (C=O) groups is 1. The summed E-state index contributed by atoms with van der Waals surface area (Å²) in [6, 6.07) is 2.88. The van der Waals surface area contributed by atoms with Gasteiger partial charge in [0.15, 0.2) is 6.61 Å². The lowest BCUT2D eigenvalue weighted by Gasteiger charge is -2.05. The van der Waals surface area contributed by atoms with Crippen molar-refractivity contribution < 1.29 is 14.6 Å². The average molecular weight is 205 g/mol. The third-order valence-electron chi connectivity index (χ3n) is 1.77. The van der Waals surface area contributed by atoms with Crippen molar-refractivity contribution in [1.82, 2.24) is 4.98 Å². The molecule has 0 saturated carbocycles. The van der Waals surface area contributed by atoms with E-state index in [0.717, 1.165) is 0 Å². The molecule has 0 radical (unpaired) electrons. The molecule has 78 valence electrons. The molecule has 0 atom stereocenters. The lowest BCUT2D eigenvalue weighted by Crippen LogP contribution is -2.03. The second kappa shape index (κ2) is 5.01. The maximum absolute atomic E-state index is 10.8. The molecule has 0 amide bonds. The third-order valence-corrected chi connectivity index (χ3v) is 1.77. The van der Waals surface area contributed by atoms with Gasteiger partial charge < -0.3 is 9.84 Å². The predicted octanol–water partition coefficient (Wildman–Crippen LogP) is 1.35. The molecule has 4 nitrogen and oxygen atoms in total. The molecule has 0 unspecified atom stereocenters. The number of hydrogen-bond donors (Lipinski definition) is 1. The van der Waals surface area contributed by atoms with Gasteiger partial charge in [0, 0.05) is 11.8 Å². The molecule has 0 saturated heterocycles. The number of carboxylic acid groups (broad SMARTS) is 1. The van der Waals surface area contributed by atoms with Crippen molar-refractivity contribution in [1.29, 1.82) is 0 Å². The number of aryl methyl sites for hydroxylation is 1. The van der Waals surface area contributed by atoms with E-state index in [9.17, 15) is 4.79 Å². The summed E-state index contributed by atoms with van der Waals surface area (Å²) in [5, 5.41) is 8.83. The number of pyridine rings is 1. The van der Waals surface area contributed by atoms with Crippen LogP contribution in [0.3, 0.4) is 0 Å². The first-order chi connectivity index (χ1) is 7.17. The normalized spacial score (nSPS) is 9.33. The van der Waals surface area contributed by atoms with E-state index in [0.29, 0.717) is 12.1 Å². The van der Waals surface area contributed by atoms with Gasteiger partial charge in [-0.15, -0.1) is 6.42 Å². The van der Waals surface area contributed by atoms with Crippen LogP contribution in [-0.2, 0) is 6.42 Å². The van der Waals surface area contributed by atoms with E-state index in [1.807, 2.05) is 6.92 Å². The Labute approximate surface area is 87.9 Å². The van der Waals surface area contributed by atoms with Crippen molar-refractivity contribution in [3.05, 3.63) is 23.4 Å². The largest absolute Gasteiger partial charge is 0.478 e. The second-order valence-electron chi connectivity index (χ2n) is 2.84. The van der Waals surface area contributed by atoms with Crippen molar-refractivity contribution in [2.45, 2.75) is 13.3 Å². The minimum Gasteiger partial charge on any atom is -0.478 e. The van der Waals surface area contributed by atoms with Crippen LogP contribution < -0.4 is 4.74 Å². The molecule has 0 bridgehead atoms. The standard InChI is InChI=1S/C11H11NO3/c1-3-5-15-10-7-8(11(13)14)6-9(4-2)12-10/h1,6-7H,4-5H2,2H3,(H,13,14). The molecule has 1 N–H and O–H groups in total. The van der Waals surface area contributed by atoms with E-state index >= 15 is 0 Å². The molecule has 1 aromatic rings. The van der Waals surface area contributed by atoms with Crippen molar-refractivity contribution >= 4 is 5.97 Å². The monoisotopic (exact) mass is 205 g/mol. The number of ether oxygens (including phenoxy) is 1. The highest BCUT2D eigenvalue weighted by molar-refractivity contribution is 5.88. The number of hydrogen-bond acceptors (Lipinski definition) is 3. The van der Waals surface area contributed by atoms with Crippen LogP contribution >= 0.6 is 0 Å². The summed E-state index contributed by atoms with van der Waals surface area (Å²) in [7, 11) is 0.